The second-order valence-corrected chi connectivity index (χ2v) is 3.05. The van der Waals surface area contributed by atoms with Crippen LogP contribution < -0.4 is 0 Å². The SMILES string of the molecule is COC(=O)Cc1cc(Cl)nc([N+](=O)[O-])c1. The normalized spacial score (nSPS) is 9.73. The van der Waals surface area contributed by atoms with E-state index in [-0.39, 0.29) is 17.4 Å². The quantitative estimate of drug-likeness (QED) is 0.339. The fourth-order valence-corrected chi connectivity index (χ4v) is 1.20. The maximum Gasteiger partial charge on any atom is 0.365 e. The molecule has 1 aromatic rings. The van der Waals surface area contributed by atoms with Crippen LogP contribution in [0.1, 0.15) is 5.56 Å². The van der Waals surface area contributed by atoms with Gasteiger partial charge in [0.1, 0.15) is 0 Å². The predicted molar refractivity (Wildman–Crippen MR) is 51.6 cm³/mol. The van der Waals surface area contributed by atoms with Gasteiger partial charge in [-0.3, -0.25) is 4.79 Å². The van der Waals surface area contributed by atoms with E-state index in [1.54, 1.807) is 0 Å². The highest BCUT2D eigenvalue weighted by Crippen LogP contribution is 2.16. The van der Waals surface area contributed by atoms with E-state index in [1.807, 2.05) is 0 Å². The maximum atomic E-state index is 10.9. The summed E-state index contributed by atoms with van der Waals surface area (Å²) in [5.41, 5.74) is 0.397. The van der Waals surface area contributed by atoms with Gasteiger partial charge in [0.25, 0.3) is 0 Å². The topological polar surface area (TPSA) is 82.3 Å². The van der Waals surface area contributed by atoms with Crippen LogP contribution in [0.15, 0.2) is 12.1 Å². The number of carbonyl (C=O) groups excluding carboxylic acids is 1. The largest absolute Gasteiger partial charge is 0.469 e. The van der Waals surface area contributed by atoms with Crippen LogP contribution in [0.25, 0.3) is 0 Å². The van der Waals surface area contributed by atoms with Gasteiger partial charge in [0.15, 0.2) is 0 Å². The molecule has 0 amide bonds. The van der Waals surface area contributed by atoms with Gasteiger partial charge in [0.2, 0.25) is 5.15 Å². The summed E-state index contributed by atoms with van der Waals surface area (Å²) in [5.74, 6) is -0.882. The zero-order chi connectivity index (χ0) is 11.4. The molecule has 0 aromatic carbocycles. The average Bonchev–Trinajstić information content (AvgIpc) is 2.16. The fraction of sp³-hybridized carbons (Fsp3) is 0.250. The van der Waals surface area contributed by atoms with Crippen LogP contribution in [0.2, 0.25) is 5.15 Å². The van der Waals surface area contributed by atoms with Gasteiger partial charge >= 0.3 is 11.8 Å². The van der Waals surface area contributed by atoms with Crippen molar-refractivity contribution in [2.75, 3.05) is 7.11 Å². The smallest absolute Gasteiger partial charge is 0.365 e. The summed E-state index contributed by atoms with van der Waals surface area (Å²) in [6, 6.07) is 2.56. The molecule has 0 aliphatic heterocycles. The number of nitro groups is 1. The third-order valence-electron chi connectivity index (χ3n) is 1.60. The Morgan fingerprint density at radius 2 is 2.33 bits per heavy atom. The van der Waals surface area contributed by atoms with Crippen LogP contribution in [0.4, 0.5) is 5.82 Å². The zero-order valence-electron chi connectivity index (χ0n) is 7.77. The summed E-state index contributed by atoms with van der Waals surface area (Å²) in [6.45, 7) is 0. The summed E-state index contributed by atoms with van der Waals surface area (Å²) < 4.78 is 4.42. The Bertz CT molecular complexity index is 408. The van der Waals surface area contributed by atoms with Gasteiger partial charge < -0.3 is 14.9 Å². The molecule has 0 bridgehead atoms. The number of pyridine rings is 1. The lowest BCUT2D eigenvalue weighted by molar-refractivity contribution is -0.389. The lowest BCUT2D eigenvalue weighted by Gasteiger charge is -1.99. The van der Waals surface area contributed by atoms with Crippen molar-refractivity contribution in [3.05, 3.63) is 33.0 Å². The van der Waals surface area contributed by atoms with Gasteiger partial charge in [-0.2, -0.15) is 0 Å². The molecule has 0 radical (unpaired) electrons. The molecule has 0 aliphatic rings. The number of hydrogen-bond donors (Lipinski definition) is 0. The number of esters is 1. The molecule has 0 fully saturated rings. The van der Waals surface area contributed by atoms with E-state index in [9.17, 15) is 14.9 Å². The summed E-state index contributed by atoms with van der Waals surface area (Å²) in [7, 11) is 1.24. The standard InChI is InChI=1S/C8H7ClN2O4/c1-15-8(12)4-5-2-6(9)10-7(3-5)11(13)14/h2-3H,4H2,1H3. The Balaban J connectivity index is 2.98. The van der Waals surface area contributed by atoms with Crippen molar-refractivity contribution >= 4 is 23.4 Å². The average molecular weight is 231 g/mol. The molecule has 6 nitrogen and oxygen atoms in total. The second kappa shape index (κ2) is 4.70. The van der Waals surface area contributed by atoms with Crippen LogP contribution in [0, 0.1) is 10.1 Å². The molecular weight excluding hydrogens is 224 g/mol. The van der Waals surface area contributed by atoms with Crippen molar-refractivity contribution in [1.82, 2.24) is 4.98 Å². The van der Waals surface area contributed by atoms with E-state index in [0.29, 0.717) is 5.56 Å². The van der Waals surface area contributed by atoms with Gasteiger partial charge in [-0.15, -0.1) is 0 Å². The van der Waals surface area contributed by atoms with Crippen LogP contribution in [-0.2, 0) is 16.0 Å². The van der Waals surface area contributed by atoms with Crippen molar-refractivity contribution in [2.45, 2.75) is 6.42 Å². The third kappa shape index (κ3) is 3.17. The van der Waals surface area contributed by atoms with Gasteiger partial charge in [0, 0.05) is 12.1 Å². The zero-order valence-corrected chi connectivity index (χ0v) is 8.52. The minimum atomic E-state index is -0.674. The Kier molecular flexibility index (Phi) is 3.56. The van der Waals surface area contributed by atoms with E-state index in [2.05, 4.69) is 9.72 Å². The van der Waals surface area contributed by atoms with Gasteiger partial charge in [-0.05, 0) is 27.1 Å². The molecular formula is C8H7ClN2O4. The van der Waals surface area contributed by atoms with Crippen LogP contribution in [0.5, 0.6) is 0 Å². The molecule has 0 atom stereocenters. The van der Waals surface area contributed by atoms with E-state index in [0.717, 1.165) is 0 Å². The molecule has 7 heteroatoms. The van der Waals surface area contributed by atoms with Gasteiger partial charge in [0.05, 0.1) is 13.5 Å². The monoisotopic (exact) mass is 230 g/mol. The molecule has 0 saturated heterocycles. The predicted octanol–water partition coefficient (Wildman–Crippen LogP) is 1.36. The molecule has 0 spiro atoms. The molecule has 15 heavy (non-hydrogen) atoms. The molecule has 0 N–H and O–H groups in total. The van der Waals surface area contributed by atoms with E-state index < -0.39 is 10.9 Å². The minimum Gasteiger partial charge on any atom is -0.469 e. The maximum absolute atomic E-state index is 10.9. The first-order valence-corrected chi connectivity index (χ1v) is 4.28. The minimum absolute atomic E-state index is 0.0249. The summed E-state index contributed by atoms with van der Waals surface area (Å²) >= 11 is 5.55. The molecule has 80 valence electrons. The Morgan fingerprint density at radius 3 is 2.87 bits per heavy atom. The van der Waals surface area contributed by atoms with E-state index >= 15 is 0 Å². The molecule has 0 saturated carbocycles. The van der Waals surface area contributed by atoms with Crippen molar-refractivity contribution in [1.29, 1.82) is 0 Å². The van der Waals surface area contributed by atoms with Crippen molar-refractivity contribution in [3.8, 4) is 0 Å². The van der Waals surface area contributed by atoms with Crippen LogP contribution in [0.3, 0.4) is 0 Å². The molecule has 1 aromatic heterocycles. The number of ether oxygens (including phenoxy) is 1. The van der Waals surface area contributed by atoms with E-state index in [1.165, 1.54) is 19.2 Å². The first-order chi connectivity index (χ1) is 7.02. The summed E-state index contributed by atoms with van der Waals surface area (Å²) in [5, 5.41) is 10.4. The van der Waals surface area contributed by atoms with Crippen LogP contribution >= 0.6 is 11.6 Å². The highest BCUT2D eigenvalue weighted by Gasteiger charge is 2.13. The van der Waals surface area contributed by atoms with Gasteiger partial charge in [-0.25, -0.2) is 0 Å². The lowest BCUT2D eigenvalue weighted by Crippen LogP contribution is -2.05. The van der Waals surface area contributed by atoms with Crippen molar-refractivity contribution in [2.24, 2.45) is 0 Å². The van der Waals surface area contributed by atoms with Crippen LogP contribution in [-0.4, -0.2) is 23.0 Å². The lowest BCUT2D eigenvalue weighted by atomic mass is 10.2. The first-order valence-electron chi connectivity index (χ1n) is 3.90. The molecule has 1 rings (SSSR count). The first kappa shape index (κ1) is 11.4. The van der Waals surface area contributed by atoms with Gasteiger partial charge in [-0.1, -0.05) is 0 Å². The molecule has 0 aliphatic carbocycles. The Hall–Kier alpha value is -1.69. The number of nitrogens with zero attached hydrogens (tertiary/aromatic N) is 2. The second-order valence-electron chi connectivity index (χ2n) is 2.67. The van der Waals surface area contributed by atoms with Crippen molar-refractivity contribution < 1.29 is 14.5 Å². The highest BCUT2D eigenvalue weighted by molar-refractivity contribution is 6.29. The summed E-state index contributed by atoms with van der Waals surface area (Å²) in [4.78, 5) is 24.2. The number of halogens is 1. The van der Waals surface area contributed by atoms with E-state index in [4.69, 9.17) is 11.6 Å². The fourth-order valence-electron chi connectivity index (χ4n) is 0.969. The number of hydrogen-bond acceptors (Lipinski definition) is 5. The number of aromatic nitrogens is 1. The Morgan fingerprint density at radius 1 is 1.67 bits per heavy atom. The third-order valence-corrected chi connectivity index (χ3v) is 1.80. The summed E-state index contributed by atoms with van der Waals surface area (Å²) in [6.07, 6.45) is -0.0699. The number of carbonyl (C=O) groups is 1. The Labute approximate surface area is 90.0 Å². The molecule has 0 unspecified atom stereocenters. The number of methoxy groups -OCH3 is 1. The highest BCUT2D eigenvalue weighted by atomic mass is 35.5. The van der Waals surface area contributed by atoms with Crippen molar-refractivity contribution in [3.63, 3.8) is 0 Å². The number of rotatable bonds is 3. The molecule has 1 heterocycles.